The first-order chi connectivity index (χ1) is 10.1. The van der Waals surface area contributed by atoms with Gasteiger partial charge in [-0.15, -0.1) is 0 Å². The Balaban J connectivity index is 1.99. The lowest BCUT2D eigenvalue weighted by atomic mass is 10.1. The predicted octanol–water partition coefficient (Wildman–Crippen LogP) is 2.47. The van der Waals surface area contributed by atoms with E-state index in [1.165, 1.54) is 17.7 Å². The lowest BCUT2D eigenvalue weighted by molar-refractivity contribution is 0.0594. The van der Waals surface area contributed by atoms with Gasteiger partial charge in [0.05, 0.1) is 18.4 Å². The highest BCUT2D eigenvalue weighted by atomic mass is 19.2. The van der Waals surface area contributed by atoms with Gasteiger partial charge in [0, 0.05) is 13.1 Å². The van der Waals surface area contributed by atoms with E-state index in [9.17, 15) is 13.6 Å². The standard InChI is InChI=1S/C15H18F2N2O2/c1-21-15(20)11-2-3-12(14(17)13(11)16)19-9-6-10-4-7-18-8-5-10/h2-4,18-19H,5-9H2,1H3. The van der Waals surface area contributed by atoms with Crippen LogP contribution in [0.1, 0.15) is 23.2 Å². The van der Waals surface area contributed by atoms with Gasteiger partial charge in [-0.1, -0.05) is 11.6 Å². The number of ether oxygens (including phenoxy) is 1. The Kier molecular flexibility index (Phi) is 5.27. The molecule has 4 nitrogen and oxygen atoms in total. The molecule has 0 spiro atoms. The summed E-state index contributed by atoms with van der Waals surface area (Å²) in [4.78, 5) is 11.3. The van der Waals surface area contributed by atoms with E-state index in [1.807, 2.05) is 0 Å². The molecular weight excluding hydrogens is 278 g/mol. The molecular formula is C15H18F2N2O2. The smallest absolute Gasteiger partial charge is 0.340 e. The SMILES string of the molecule is COC(=O)c1ccc(NCCC2=CCNCC2)c(F)c1F. The highest BCUT2D eigenvalue weighted by Crippen LogP contribution is 2.21. The van der Waals surface area contributed by atoms with Crippen molar-refractivity contribution in [2.24, 2.45) is 0 Å². The molecule has 6 heteroatoms. The van der Waals surface area contributed by atoms with Crippen molar-refractivity contribution in [3.05, 3.63) is 41.0 Å². The van der Waals surface area contributed by atoms with Crippen molar-refractivity contribution in [3.63, 3.8) is 0 Å². The number of methoxy groups -OCH3 is 1. The second kappa shape index (κ2) is 7.17. The molecule has 1 aromatic carbocycles. The van der Waals surface area contributed by atoms with E-state index < -0.39 is 23.2 Å². The molecule has 2 rings (SSSR count). The Labute approximate surface area is 122 Å². The molecule has 21 heavy (non-hydrogen) atoms. The molecule has 0 saturated carbocycles. The quantitative estimate of drug-likeness (QED) is 0.647. The molecule has 0 atom stereocenters. The van der Waals surface area contributed by atoms with Crippen molar-refractivity contribution < 1.29 is 18.3 Å². The van der Waals surface area contributed by atoms with E-state index in [0.29, 0.717) is 6.54 Å². The van der Waals surface area contributed by atoms with Gasteiger partial charge in [0.15, 0.2) is 11.6 Å². The fourth-order valence-corrected chi connectivity index (χ4v) is 2.21. The zero-order valence-electron chi connectivity index (χ0n) is 11.8. The molecule has 0 saturated heterocycles. The fourth-order valence-electron chi connectivity index (χ4n) is 2.21. The van der Waals surface area contributed by atoms with Gasteiger partial charge < -0.3 is 15.4 Å². The highest BCUT2D eigenvalue weighted by Gasteiger charge is 2.18. The van der Waals surface area contributed by atoms with Crippen LogP contribution in [0.4, 0.5) is 14.5 Å². The summed E-state index contributed by atoms with van der Waals surface area (Å²) in [7, 11) is 1.12. The molecule has 1 heterocycles. The minimum atomic E-state index is -1.19. The van der Waals surface area contributed by atoms with Gasteiger partial charge in [0.25, 0.3) is 0 Å². The summed E-state index contributed by atoms with van der Waals surface area (Å²) in [6.07, 6.45) is 3.86. The lowest BCUT2D eigenvalue weighted by Gasteiger charge is -2.15. The summed E-state index contributed by atoms with van der Waals surface area (Å²) >= 11 is 0. The third kappa shape index (κ3) is 3.78. The van der Waals surface area contributed by atoms with Crippen LogP contribution < -0.4 is 10.6 Å². The Bertz CT molecular complexity index is 559. The fraction of sp³-hybridized carbons (Fsp3) is 0.400. The number of halogens is 2. The maximum atomic E-state index is 13.9. The summed E-state index contributed by atoms with van der Waals surface area (Å²) in [5.41, 5.74) is 0.949. The minimum Gasteiger partial charge on any atom is -0.465 e. The van der Waals surface area contributed by atoms with Crippen LogP contribution in [0, 0.1) is 11.6 Å². The molecule has 2 N–H and O–H groups in total. The Morgan fingerprint density at radius 1 is 1.38 bits per heavy atom. The second-order valence-corrected chi connectivity index (χ2v) is 4.77. The van der Waals surface area contributed by atoms with Crippen molar-refractivity contribution in [1.29, 1.82) is 0 Å². The average molecular weight is 296 g/mol. The number of nitrogens with one attached hydrogen (secondary N) is 2. The van der Waals surface area contributed by atoms with E-state index in [1.54, 1.807) is 0 Å². The first-order valence-electron chi connectivity index (χ1n) is 6.82. The topological polar surface area (TPSA) is 50.4 Å². The van der Waals surface area contributed by atoms with Gasteiger partial charge in [-0.05, 0) is 31.5 Å². The summed E-state index contributed by atoms with van der Waals surface area (Å²) in [6, 6.07) is 2.57. The van der Waals surface area contributed by atoms with E-state index in [4.69, 9.17) is 0 Å². The Hall–Kier alpha value is -1.95. The van der Waals surface area contributed by atoms with Crippen LogP contribution in [-0.2, 0) is 4.74 Å². The second-order valence-electron chi connectivity index (χ2n) is 4.77. The summed E-state index contributed by atoms with van der Waals surface area (Å²) < 4.78 is 32.0. The van der Waals surface area contributed by atoms with E-state index >= 15 is 0 Å². The predicted molar refractivity (Wildman–Crippen MR) is 76.4 cm³/mol. The zero-order chi connectivity index (χ0) is 15.2. The third-order valence-corrected chi connectivity index (χ3v) is 3.41. The monoisotopic (exact) mass is 296 g/mol. The third-order valence-electron chi connectivity index (χ3n) is 3.41. The number of carbonyl (C=O) groups is 1. The molecule has 0 aliphatic carbocycles. The lowest BCUT2D eigenvalue weighted by Crippen LogP contribution is -2.21. The van der Waals surface area contributed by atoms with Crippen molar-refractivity contribution in [1.82, 2.24) is 5.32 Å². The van der Waals surface area contributed by atoms with E-state index in [2.05, 4.69) is 21.4 Å². The Morgan fingerprint density at radius 2 is 2.19 bits per heavy atom. The molecule has 0 aromatic heterocycles. The number of rotatable bonds is 5. The number of hydrogen-bond acceptors (Lipinski definition) is 4. The normalized spacial score (nSPS) is 14.5. The first-order valence-corrected chi connectivity index (χ1v) is 6.82. The molecule has 1 aromatic rings. The average Bonchev–Trinajstić information content (AvgIpc) is 2.52. The van der Waals surface area contributed by atoms with E-state index in [0.717, 1.165) is 33.0 Å². The molecule has 0 bridgehead atoms. The van der Waals surface area contributed by atoms with Crippen LogP contribution >= 0.6 is 0 Å². The number of carbonyl (C=O) groups excluding carboxylic acids is 1. The van der Waals surface area contributed by atoms with Gasteiger partial charge in [-0.3, -0.25) is 0 Å². The van der Waals surface area contributed by atoms with Crippen LogP contribution in [0.2, 0.25) is 0 Å². The summed E-state index contributed by atoms with van der Waals surface area (Å²) in [6.45, 7) is 2.31. The van der Waals surface area contributed by atoms with Crippen molar-refractivity contribution in [2.45, 2.75) is 12.8 Å². The molecule has 0 fully saturated rings. The van der Waals surface area contributed by atoms with Crippen LogP contribution in [0.25, 0.3) is 0 Å². The number of hydrogen-bond donors (Lipinski definition) is 2. The molecule has 114 valence electrons. The number of anilines is 1. The molecule has 1 aliphatic rings. The molecule has 1 aliphatic heterocycles. The van der Waals surface area contributed by atoms with Gasteiger partial charge in [0.1, 0.15) is 0 Å². The summed E-state index contributed by atoms with van der Waals surface area (Å²) in [5.74, 6) is -3.14. The van der Waals surface area contributed by atoms with Crippen LogP contribution in [-0.4, -0.2) is 32.7 Å². The van der Waals surface area contributed by atoms with E-state index in [-0.39, 0.29) is 5.69 Å². The van der Waals surface area contributed by atoms with Crippen molar-refractivity contribution in [2.75, 3.05) is 32.1 Å². The van der Waals surface area contributed by atoms with Crippen LogP contribution in [0.15, 0.2) is 23.8 Å². The van der Waals surface area contributed by atoms with Crippen molar-refractivity contribution >= 4 is 11.7 Å². The van der Waals surface area contributed by atoms with Gasteiger partial charge in [-0.25, -0.2) is 13.6 Å². The maximum absolute atomic E-state index is 13.9. The van der Waals surface area contributed by atoms with Crippen LogP contribution in [0.3, 0.4) is 0 Å². The highest BCUT2D eigenvalue weighted by molar-refractivity contribution is 5.90. The largest absolute Gasteiger partial charge is 0.465 e. The van der Waals surface area contributed by atoms with Gasteiger partial charge in [-0.2, -0.15) is 0 Å². The van der Waals surface area contributed by atoms with Gasteiger partial charge >= 0.3 is 5.97 Å². The van der Waals surface area contributed by atoms with Crippen molar-refractivity contribution in [3.8, 4) is 0 Å². The Morgan fingerprint density at radius 3 is 2.86 bits per heavy atom. The molecule has 0 unspecified atom stereocenters. The first kappa shape index (κ1) is 15.4. The minimum absolute atomic E-state index is 0.0506. The van der Waals surface area contributed by atoms with Crippen LogP contribution in [0.5, 0.6) is 0 Å². The zero-order valence-corrected chi connectivity index (χ0v) is 11.8. The maximum Gasteiger partial charge on any atom is 0.340 e. The number of benzene rings is 1. The molecule has 0 radical (unpaired) electrons. The van der Waals surface area contributed by atoms with Gasteiger partial charge in [0.2, 0.25) is 0 Å². The molecule has 0 amide bonds. The summed E-state index contributed by atoms with van der Waals surface area (Å²) in [5, 5.41) is 6.07. The number of esters is 1.